The van der Waals surface area contributed by atoms with Gasteiger partial charge < -0.3 is 0 Å². The van der Waals surface area contributed by atoms with Crippen LogP contribution >= 0.6 is 0 Å². The monoisotopic (exact) mass is 363 g/mol. The predicted molar refractivity (Wildman–Crippen MR) is 93.8 cm³/mol. The molecule has 0 atom stereocenters. The standard InChI is InChI=1S/C16H17N3O5S/c1-3-18(2)25(23,24)17-14-11-13(9-10-15(14)19(21)22)16(20)12-7-5-4-6-8-12/h4-11,17H,3H2,1-2H3. The molecule has 0 aliphatic heterocycles. The van der Waals surface area contributed by atoms with Crippen LogP contribution in [0.1, 0.15) is 22.8 Å². The highest BCUT2D eigenvalue weighted by Gasteiger charge is 2.23. The molecule has 0 fully saturated rings. The van der Waals surface area contributed by atoms with Gasteiger partial charge in [0.2, 0.25) is 0 Å². The van der Waals surface area contributed by atoms with Crippen LogP contribution in [0.4, 0.5) is 11.4 Å². The van der Waals surface area contributed by atoms with E-state index in [9.17, 15) is 23.3 Å². The van der Waals surface area contributed by atoms with Gasteiger partial charge in [-0.25, -0.2) is 0 Å². The lowest BCUT2D eigenvalue weighted by Gasteiger charge is -2.16. The van der Waals surface area contributed by atoms with Crippen molar-refractivity contribution in [2.24, 2.45) is 0 Å². The molecule has 0 unspecified atom stereocenters. The number of anilines is 1. The number of nitrogens with one attached hydrogen (secondary N) is 1. The second-order valence-electron chi connectivity index (χ2n) is 5.21. The maximum absolute atomic E-state index is 12.5. The topological polar surface area (TPSA) is 110 Å². The van der Waals surface area contributed by atoms with E-state index in [0.29, 0.717) is 5.56 Å². The van der Waals surface area contributed by atoms with Gasteiger partial charge in [0.1, 0.15) is 5.69 Å². The number of carbonyl (C=O) groups is 1. The fourth-order valence-corrected chi connectivity index (χ4v) is 3.00. The summed E-state index contributed by atoms with van der Waals surface area (Å²) in [6.45, 7) is 1.81. The number of ketones is 1. The Kier molecular flexibility index (Phi) is 5.50. The van der Waals surface area contributed by atoms with E-state index in [1.807, 2.05) is 0 Å². The van der Waals surface area contributed by atoms with Gasteiger partial charge in [-0.1, -0.05) is 37.3 Å². The highest BCUT2D eigenvalue weighted by Crippen LogP contribution is 2.28. The normalized spacial score (nSPS) is 11.3. The molecule has 0 heterocycles. The quantitative estimate of drug-likeness (QED) is 0.461. The molecule has 0 spiro atoms. The lowest BCUT2D eigenvalue weighted by atomic mass is 10.0. The maximum atomic E-state index is 12.5. The van der Waals surface area contributed by atoms with Crippen molar-refractivity contribution < 1.29 is 18.1 Å². The molecule has 0 bridgehead atoms. The summed E-state index contributed by atoms with van der Waals surface area (Å²) in [4.78, 5) is 22.9. The van der Waals surface area contributed by atoms with Gasteiger partial charge in [0.25, 0.3) is 5.69 Å². The molecule has 9 heteroatoms. The van der Waals surface area contributed by atoms with Crippen molar-refractivity contribution in [1.82, 2.24) is 4.31 Å². The molecule has 0 aliphatic carbocycles. The van der Waals surface area contributed by atoms with Crippen LogP contribution in [0.15, 0.2) is 48.5 Å². The molecule has 0 saturated heterocycles. The minimum absolute atomic E-state index is 0.147. The summed E-state index contributed by atoms with van der Waals surface area (Å²) in [6.07, 6.45) is 0. The molecule has 0 saturated carbocycles. The number of nitro benzene ring substituents is 1. The van der Waals surface area contributed by atoms with E-state index in [1.165, 1.54) is 19.2 Å². The van der Waals surface area contributed by atoms with E-state index < -0.39 is 20.8 Å². The molecular weight excluding hydrogens is 346 g/mol. The van der Waals surface area contributed by atoms with Crippen molar-refractivity contribution in [3.8, 4) is 0 Å². The van der Waals surface area contributed by atoms with Crippen molar-refractivity contribution in [3.05, 3.63) is 69.8 Å². The van der Waals surface area contributed by atoms with Crippen LogP contribution in [0, 0.1) is 10.1 Å². The van der Waals surface area contributed by atoms with Gasteiger partial charge in [-0.2, -0.15) is 12.7 Å². The first-order chi connectivity index (χ1) is 11.8. The Balaban J connectivity index is 2.47. The number of hydrogen-bond acceptors (Lipinski definition) is 5. The Morgan fingerprint density at radius 2 is 1.80 bits per heavy atom. The highest BCUT2D eigenvalue weighted by molar-refractivity contribution is 7.90. The van der Waals surface area contributed by atoms with Gasteiger partial charge in [0.05, 0.1) is 4.92 Å². The molecule has 0 radical (unpaired) electrons. The van der Waals surface area contributed by atoms with Crippen molar-refractivity contribution in [2.45, 2.75) is 6.92 Å². The summed E-state index contributed by atoms with van der Waals surface area (Å²) in [6, 6.07) is 11.9. The third-order valence-electron chi connectivity index (χ3n) is 3.59. The van der Waals surface area contributed by atoms with E-state index in [0.717, 1.165) is 10.4 Å². The zero-order chi connectivity index (χ0) is 18.6. The molecule has 8 nitrogen and oxygen atoms in total. The SMILES string of the molecule is CCN(C)S(=O)(=O)Nc1cc(C(=O)c2ccccc2)ccc1[N+](=O)[O-]. The highest BCUT2D eigenvalue weighted by atomic mass is 32.2. The van der Waals surface area contributed by atoms with Crippen LogP contribution in [0.3, 0.4) is 0 Å². The fourth-order valence-electron chi connectivity index (χ4n) is 2.06. The Morgan fingerprint density at radius 3 is 2.36 bits per heavy atom. The first-order valence-electron chi connectivity index (χ1n) is 7.38. The first-order valence-corrected chi connectivity index (χ1v) is 8.82. The summed E-state index contributed by atoms with van der Waals surface area (Å²) in [5.74, 6) is -0.361. The van der Waals surface area contributed by atoms with Crippen molar-refractivity contribution >= 4 is 27.4 Å². The summed E-state index contributed by atoms with van der Waals surface area (Å²) in [5, 5.41) is 11.2. The number of hydrogen-bond donors (Lipinski definition) is 1. The first kappa shape index (κ1) is 18.6. The van der Waals surface area contributed by atoms with Crippen LogP contribution in [0.2, 0.25) is 0 Å². The predicted octanol–water partition coefficient (Wildman–Crippen LogP) is 2.43. The summed E-state index contributed by atoms with van der Waals surface area (Å²) in [5.41, 5.74) is -0.144. The molecule has 0 aromatic heterocycles. The molecule has 2 aromatic rings. The Hall–Kier alpha value is -2.78. The fraction of sp³-hybridized carbons (Fsp3) is 0.188. The minimum atomic E-state index is -3.96. The Labute approximate surface area is 145 Å². The average molecular weight is 363 g/mol. The lowest BCUT2D eigenvalue weighted by Crippen LogP contribution is -2.32. The van der Waals surface area contributed by atoms with E-state index in [-0.39, 0.29) is 23.6 Å². The van der Waals surface area contributed by atoms with E-state index >= 15 is 0 Å². The molecule has 0 amide bonds. The molecule has 132 valence electrons. The van der Waals surface area contributed by atoms with Crippen molar-refractivity contribution in [2.75, 3.05) is 18.3 Å². The van der Waals surface area contributed by atoms with Gasteiger partial charge >= 0.3 is 10.2 Å². The van der Waals surface area contributed by atoms with Crippen LogP contribution in [0.25, 0.3) is 0 Å². The summed E-state index contributed by atoms with van der Waals surface area (Å²) < 4.78 is 27.5. The number of benzene rings is 2. The van der Waals surface area contributed by atoms with Crippen LogP contribution in [-0.4, -0.2) is 37.0 Å². The summed E-state index contributed by atoms with van der Waals surface area (Å²) >= 11 is 0. The molecule has 0 aliphatic rings. The number of nitro groups is 1. The molecule has 2 rings (SSSR count). The van der Waals surface area contributed by atoms with Crippen molar-refractivity contribution in [3.63, 3.8) is 0 Å². The zero-order valence-electron chi connectivity index (χ0n) is 13.7. The van der Waals surface area contributed by atoms with Gasteiger partial charge in [0.15, 0.2) is 5.78 Å². The van der Waals surface area contributed by atoms with Crippen LogP contribution < -0.4 is 4.72 Å². The number of carbonyl (C=O) groups excluding carboxylic acids is 1. The Bertz CT molecular complexity index is 897. The number of nitrogens with zero attached hydrogens (tertiary/aromatic N) is 2. The van der Waals surface area contributed by atoms with Gasteiger partial charge in [0, 0.05) is 30.8 Å². The number of rotatable bonds is 7. The summed E-state index contributed by atoms with van der Waals surface area (Å²) in [7, 11) is -2.62. The molecule has 1 N–H and O–H groups in total. The largest absolute Gasteiger partial charge is 0.301 e. The van der Waals surface area contributed by atoms with Crippen LogP contribution in [-0.2, 0) is 10.2 Å². The third-order valence-corrected chi connectivity index (χ3v) is 5.14. The molecule has 2 aromatic carbocycles. The maximum Gasteiger partial charge on any atom is 0.301 e. The second kappa shape index (κ2) is 7.41. The lowest BCUT2D eigenvalue weighted by molar-refractivity contribution is -0.383. The van der Waals surface area contributed by atoms with Crippen molar-refractivity contribution in [1.29, 1.82) is 0 Å². The van der Waals surface area contributed by atoms with Gasteiger partial charge in [-0.15, -0.1) is 0 Å². The minimum Gasteiger partial charge on any atom is -0.289 e. The second-order valence-corrected chi connectivity index (χ2v) is 6.98. The van der Waals surface area contributed by atoms with Crippen LogP contribution in [0.5, 0.6) is 0 Å². The van der Waals surface area contributed by atoms with E-state index in [2.05, 4.69) is 4.72 Å². The molecular formula is C16H17N3O5S. The Morgan fingerprint density at radius 1 is 1.16 bits per heavy atom. The zero-order valence-corrected chi connectivity index (χ0v) is 14.5. The van der Waals surface area contributed by atoms with E-state index in [4.69, 9.17) is 0 Å². The average Bonchev–Trinajstić information content (AvgIpc) is 2.60. The smallest absolute Gasteiger partial charge is 0.289 e. The molecule has 25 heavy (non-hydrogen) atoms. The third kappa shape index (κ3) is 4.20. The van der Waals surface area contributed by atoms with E-state index in [1.54, 1.807) is 37.3 Å². The van der Waals surface area contributed by atoms with Gasteiger partial charge in [-0.3, -0.25) is 19.6 Å². The van der Waals surface area contributed by atoms with Gasteiger partial charge in [-0.05, 0) is 12.1 Å².